The van der Waals surface area contributed by atoms with E-state index in [4.69, 9.17) is 10.8 Å². The maximum Gasteiger partial charge on any atom is 0.303 e. The first-order valence-electron chi connectivity index (χ1n) is 5.06. The minimum Gasteiger partial charge on any atom is -0.481 e. The summed E-state index contributed by atoms with van der Waals surface area (Å²) in [7, 11) is 0. The Morgan fingerprint density at radius 1 is 1.69 bits per heavy atom. The zero-order valence-corrected chi connectivity index (χ0v) is 8.25. The van der Waals surface area contributed by atoms with E-state index in [0.29, 0.717) is 12.5 Å². The molecule has 0 saturated heterocycles. The lowest BCUT2D eigenvalue weighted by molar-refractivity contribution is -0.140. The third-order valence-corrected chi connectivity index (χ3v) is 3.50. The lowest BCUT2D eigenvalue weighted by Gasteiger charge is -2.32. The fourth-order valence-corrected chi connectivity index (χ4v) is 2.72. The van der Waals surface area contributed by atoms with Crippen LogP contribution in [0.2, 0.25) is 0 Å². The zero-order valence-electron chi connectivity index (χ0n) is 8.25. The predicted molar refractivity (Wildman–Crippen MR) is 51.4 cm³/mol. The van der Waals surface area contributed by atoms with E-state index in [2.05, 4.69) is 6.92 Å². The Labute approximate surface area is 79.3 Å². The van der Waals surface area contributed by atoms with E-state index in [1.54, 1.807) is 0 Å². The lowest BCUT2D eigenvalue weighted by Crippen LogP contribution is -2.36. The van der Waals surface area contributed by atoms with Crippen LogP contribution in [-0.2, 0) is 4.79 Å². The molecule has 0 aromatic carbocycles. The number of nitrogens with two attached hydrogens (primary N) is 1. The first-order valence-corrected chi connectivity index (χ1v) is 5.06. The first kappa shape index (κ1) is 10.5. The van der Waals surface area contributed by atoms with Crippen LogP contribution in [-0.4, -0.2) is 17.6 Å². The second kappa shape index (κ2) is 4.09. The molecule has 3 N–H and O–H groups in total. The SMILES string of the molecule is CCC1CCCC1(CN)CC(=O)O. The Morgan fingerprint density at radius 2 is 2.38 bits per heavy atom. The lowest BCUT2D eigenvalue weighted by atomic mass is 9.74. The van der Waals surface area contributed by atoms with Gasteiger partial charge in [0.2, 0.25) is 0 Å². The van der Waals surface area contributed by atoms with Crippen LogP contribution >= 0.6 is 0 Å². The molecule has 1 aliphatic rings. The highest BCUT2D eigenvalue weighted by atomic mass is 16.4. The summed E-state index contributed by atoms with van der Waals surface area (Å²) < 4.78 is 0. The van der Waals surface area contributed by atoms with E-state index in [1.165, 1.54) is 0 Å². The molecule has 76 valence electrons. The Kier molecular flexibility index (Phi) is 3.31. The molecule has 0 bridgehead atoms. The number of carboxylic acid groups (broad SMARTS) is 1. The normalized spacial score (nSPS) is 33.5. The highest BCUT2D eigenvalue weighted by Crippen LogP contribution is 2.46. The predicted octanol–water partition coefficient (Wildman–Crippen LogP) is 1.62. The van der Waals surface area contributed by atoms with Crippen molar-refractivity contribution in [1.82, 2.24) is 0 Å². The van der Waals surface area contributed by atoms with Gasteiger partial charge in [-0.05, 0) is 30.7 Å². The van der Waals surface area contributed by atoms with Crippen molar-refractivity contribution in [3.05, 3.63) is 0 Å². The average Bonchev–Trinajstić information content (AvgIpc) is 2.47. The molecule has 0 aromatic heterocycles. The van der Waals surface area contributed by atoms with Gasteiger partial charge in [-0.3, -0.25) is 4.79 Å². The molecule has 0 amide bonds. The van der Waals surface area contributed by atoms with Crippen LogP contribution in [0.15, 0.2) is 0 Å². The monoisotopic (exact) mass is 185 g/mol. The molecule has 1 rings (SSSR count). The van der Waals surface area contributed by atoms with Crippen LogP contribution in [0.3, 0.4) is 0 Å². The number of rotatable bonds is 4. The minimum atomic E-state index is -0.703. The second-order valence-electron chi connectivity index (χ2n) is 4.13. The smallest absolute Gasteiger partial charge is 0.303 e. The minimum absolute atomic E-state index is 0.0966. The van der Waals surface area contributed by atoms with Gasteiger partial charge in [-0.1, -0.05) is 19.8 Å². The van der Waals surface area contributed by atoms with E-state index >= 15 is 0 Å². The van der Waals surface area contributed by atoms with Crippen molar-refractivity contribution in [2.24, 2.45) is 17.1 Å². The molecule has 1 aliphatic carbocycles. The highest BCUT2D eigenvalue weighted by Gasteiger charge is 2.42. The summed E-state index contributed by atoms with van der Waals surface area (Å²) in [5.41, 5.74) is 5.62. The van der Waals surface area contributed by atoms with Gasteiger partial charge in [0.05, 0.1) is 6.42 Å². The summed E-state index contributed by atoms with van der Waals surface area (Å²) in [4.78, 5) is 10.7. The quantitative estimate of drug-likeness (QED) is 0.699. The third-order valence-electron chi connectivity index (χ3n) is 3.50. The van der Waals surface area contributed by atoms with Gasteiger partial charge in [0.15, 0.2) is 0 Å². The first-order chi connectivity index (χ1) is 6.14. The Morgan fingerprint density at radius 3 is 2.85 bits per heavy atom. The summed E-state index contributed by atoms with van der Waals surface area (Å²) in [6.45, 7) is 2.65. The van der Waals surface area contributed by atoms with Gasteiger partial charge in [-0.2, -0.15) is 0 Å². The Balaban J connectivity index is 2.71. The van der Waals surface area contributed by atoms with Crippen LogP contribution in [0.4, 0.5) is 0 Å². The molecule has 0 aromatic rings. The fraction of sp³-hybridized carbons (Fsp3) is 0.900. The highest BCUT2D eigenvalue weighted by molar-refractivity contribution is 5.67. The van der Waals surface area contributed by atoms with Gasteiger partial charge in [0.25, 0.3) is 0 Å². The van der Waals surface area contributed by atoms with Gasteiger partial charge in [-0.15, -0.1) is 0 Å². The van der Waals surface area contributed by atoms with Crippen LogP contribution < -0.4 is 5.73 Å². The summed E-state index contributed by atoms with van der Waals surface area (Å²) in [5, 5.41) is 8.83. The van der Waals surface area contributed by atoms with Crippen molar-refractivity contribution in [2.45, 2.75) is 39.0 Å². The van der Waals surface area contributed by atoms with Crippen molar-refractivity contribution < 1.29 is 9.90 Å². The summed E-state index contributed by atoms with van der Waals surface area (Å²) >= 11 is 0. The van der Waals surface area contributed by atoms with Crippen molar-refractivity contribution >= 4 is 5.97 Å². The molecule has 0 spiro atoms. The van der Waals surface area contributed by atoms with Gasteiger partial charge in [-0.25, -0.2) is 0 Å². The fourth-order valence-electron chi connectivity index (χ4n) is 2.72. The van der Waals surface area contributed by atoms with Gasteiger partial charge in [0.1, 0.15) is 0 Å². The molecule has 3 heteroatoms. The molecule has 2 atom stereocenters. The number of hydrogen-bond donors (Lipinski definition) is 2. The summed E-state index contributed by atoms with van der Waals surface area (Å²) in [6.07, 6.45) is 4.60. The Hall–Kier alpha value is -0.570. The van der Waals surface area contributed by atoms with Gasteiger partial charge < -0.3 is 10.8 Å². The molecule has 0 aliphatic heterocycles. The van der Waals surface area contributed by atoms with Crippen molar-refractivity contribution in [1.29, 1.82) is 0 Å². The van der Waals surface area contributed by atoms with Gasteiger partial charge >= 0.3 is 5.97 Å². The van der Waals surface area contributed by atoms with Gasteiger partial charge in [0, 0.05) is 0 Å². The molecular formula is C10H19NO2. The Bertz CT molecular complexity index is 193. The summed E-state index contributed by atoms with van der Waals surface area (Å²) in [6, 6.07) is 0. The van der Waals surface area contributed by atoms with Crippen LogP contribution in [0.1, 0.15) is 39.0 Å². The number of hydrogen-bond acceptors (Lipinski definition) is 2. The molecular weight excluding hydrogens is 166 g/mol. The topological polar surface area (TPSA) is 63.3 Å². The maximum absolute atomic E-state index is 10.7. The maximum atomic E-state index is 10.7. The number of carbonyl (C=O) groups is 1. The largest absolute Gasteiger partial charge is 0.481 e. The van der Waals surface area contributed by atoms with Crippen molar-refractivity contribution in [3.8, 4) is 0 Å². The standard InChI is InChI=1S/C10H19NO2/c1-2-8-4-3-5-10(8,7-11)6-9(12)13/h8H,2-7,11H2,1H3,(H,12,13). The van der Waals surface area contributed by atoms with E-state index < -0.39 is 5.97 Å². The average molecular weight is 185 g/mol. The molecule has 0 radical (unpaired) electrons. The van der Waals surface area contributed by atoms with E-state index in [-0.39, 0.29) is 11.8 Å². The molecule has 1 fully saturated rings. The second-order valence-corrected chi connectivity index (χ2v) is 4.13. The third kappa shape index (κ3) is 2.02. The molecule has 1 saturated carbocycles. The van der Waals surface area contributed by atoms with E-state index in [0.717, 1.165) is 25.7 Å². The van der Waals surface area contributed by atoms with Crippen molar-refractivity contribution in [3.63, 3.8) is 0 Å². The van der Waals surface area contributed by atoms with Crippen LogP contribution in [0.5, 0.6) is 0 Å². The van der Waals surface area contributed by atoms with Crippen molar-refractivity contribution in [2.75, 3.05) is 6.54 Å². The van der Waals surface area contributed by atoms with E-state index in [1.807, 2.05) is 0 Å². The zero-order chi connectivity index (χ0) is 9.90. The molecule has 3 nitrogen and oxygen atoms in total. The molecule has 0 heterocycles. The van der Waals surface area contributed by atoms with Crippen LogP contribution in [0, 0.1) is 11.3 Å². The number of aliphatic carboxylic acids is 1. The van der Waals surface area contributed by atoms with Crippen LogP contribution in [0.25, 0.3) is 0 Å². The molecule has 2 unspecified atom stereocenters. The summed E-state index contributed by atoms with van der Waals surface area (Å²) in [5.74, 6) is -0.181. The van der Waals surface area contributed by atoms with E-state index in [9.17, 15) is 4.79 Å². The number of carboxylic acids is 1. The molecule has 13 heavy (non-hydrogen) atoms.